The van der Waals surface area contributed by atoms with Crippen molar-refractivity contribution in [1.82, 2.24) is 0 Å². The fourth-order valence-electron chi connectivity index (χ4n) is 3.54. The maximum Gasteiger partial charge on any atom is 0.0954 e. The zero-order chi connectivity index (χ0) is 20.3. The van der Waals surface area contributed by atoms with Crippen LogP contribution in [-0.4, -0.2) is 15.6 Å². The predicted octanol–water partition coefficient (Wildman–Crippen LogP) is 5.92. The van der Waals surface area contributed by atoms with Crippen molar-refractivity contribution in [2.24, 2.45) is 0 Å². The van der Waals surface area contributed by atoms with E-state index in [1.807, 2.05) is 93.8 Å². The smallest absolute Gasteiger partial charge is 0.0954 e. The summed E-state index contributed by atoms with van der Waals surface area (Å²) in [6.45, 7) is 6.07. The number of rotatable bonds is 6. The molecule has 1 unspecified atom stereocenters. The number of aryl methyl sites for hydroxylation is 3. The average Bonchev–Trinajstić information content (AvgIpc) is 2.69. The fraction of sp³-hybridized carbons (Fsp3) is 0.250. The van der Waals surface area contributed by atoms with Gasteiger partial charge in [-0.1, -0.05) is 54.1 Å². The Morgan fingerprint density at radius 2 is 1.46 bits per heavy atom. The topological polar surface area (TPSA) is 37.3 Å². The summed E-state index contributed by atoms with van der Waals surface area (Å²) >= 11 is 1.59. The number of thioether (sulfide) groups is 1. The van der Waals surface area contributed by atoms with E-state index in [0.29, 0.717) is 0 Å². The van der Waals surface area contributed by atoms with Crippen LogP contribution in [0.5, 0.6) is 0 Å². The van der Waals surface area contributed by atoms with Crippen molar-refractivity contribution in [2.75, 3.05) is 6.26 Å². The minimum Gasteiger partial charge on any atom is -0.387 e. The molecule has 0 heterocycles. The van der Waals surface area contributed by atoms with E-state index in [-0.39, 0.29) is 5.25 Å². The molecule has 2 nitrogen and oxygen atoms in total. The molecule has 4 heteroatoms. The molecular formula is C24H26O2S2. The van der Waals surface area contributed by atoms with Gasteiger partial charge in [0.25, 0.3) is 0 Å². The zero-order valence-corrected chi connectivity index (χ0v) is 18.3. The summed E-state index contributed by atoms with van der Waals surface area (Å²) < 4.78 is 13.3. The molecule has 0 aliphatic carbocycles. The van der Waals surface area contributed by atoms with Crippen LogP contribution in [0.1, 0.15) is 39.2 Å². The summed E-state index contributed by atoms with van der Waals surface area (Å²) in [6.07, 6.45) is 1.32. The number of benzene rings is 3. The highest BCUT2D eigenvalue weighted by molar-refractivity contribution is 7.98. The van der Waals surface area contributed by atoms with Gasteiger partial charge in [0.1, 0.15) is 0 Å². The quantitative estimate of drug-likeness (QED) is 0.548. The lowest BCUT2D eigenvalue weighted by Gasteiger charge is -2.26. The highest BCUT2D eigenvalue weighted by Crippen LogP contribution is 2.43. The van der Waals surface area contributed by atoms with Crippen molar-refractivity contribution in [1.29, 1.82) is 0 Å². The first-order valence-corrected chi connectivity index (χ1v) is 11.7. The molecule has 0 spiro atoms. The Kier molecular flexibility index (Phi) is 6.76. The average molecular weight is 411 g/mol. The summed E-state index contributed by atoms with van der Waals surface area (Å²) in [6, 6.07) is 21.6. The molecule has 0 bridgehead atoms. The van der Waals surface area contributed by atoms with Crippen molar-refractivity contribution < 1.29 is 9.32 Å². The Morgan fingerprint density at radius 3 is 2.07 bits per heavy atom. The molecule has 146 valence electrons. The largest absolute Gasteiger partial charge is 0.387 e. The Morgan fingerprint density at radius 1 is 0.857 bits per heavy atom. The summed E-state index contributed by atoms with van der Waals surface area (Å²) in [4.78, 5) is 1.54. The van der Waals surface area contributed by atoms with Gasteiger partial charge in [-0.05, 0) is 67.5 Å². The van der Waals surface area contributed by atoms with Crippen LogP contribution in [0.15, 0.2) is 76.5 Å². The Hall–Kier alpha value is -1.88. The molecule has 0 saturated carbocycles. The molecule has 28 heavy (non-hydrogen) atoms. The van der Waals surface area contributed by atoms with Crippen molar-refractivity contribution in [3.63, 3.8) is 0 Å². The van der Waals surface area contributed by atoms with Gasteiger partial charge in [0.05, 0.1) is 22.2 Å². The second-order valence-corrected chi connectivity index (χ2v) is 9.45. The Labute approximate surface area is 174 Å². The number of aliphatic hydroxyl groups is 1. The summed E-state index contributed by atoms with van der Waals surface area (Å²) in [5, 5.41) is 11.1. The summed E-state index contributed by atoms with van der Waals surface area (Å²) in [5.74, 6) is 0. The van der Waals surface area contributed by atoms with E-state index in [0.717, 1.165) is 37.6 Å². The predicted molar refractivity (Wildman–Crippen MR) is 119 cm³/mol. The van der Waals surface area contributed by atoms with Gasteiger partial charge in [-0.3, -0.25) is 0 Å². The molecule has 0 amide bonds. The summed E-state index contributed by atoms with van der Waals surface area (Å²) in [7, 11) is -1.30. The van der Waals surface area contributed by atoms with Crippen LogP contribution in [0.25, 0.3) is 0 Å². The van der Waals surface area contributed by atoms with Crippen LogP contribution in [0, 0.1) is 20.8 Å². The normalized spacial score (nSPS) is 14.5. The third kappa shape index (κ3) is 4.24. The molecule has 1 N–H and O–H groups in total. The third-order valence-corrected chi connectivity index (χ3v) is 7.53. The third-order valence-electron chi connectivity index (χ3n) is 5.04. The van der Waals surface area contributed by atoms with Gasteiger partial charge in [-0.15, -0.1) is 0 Å². The maximum absolute atomic E-state index is 13.3. The molecule has 0 saturated heterocycles. The van der Waals surface area contributed by atoms with Gasteiger partial charge in [0.2, 0.25) is 0 Å². The molecule has 0 aromatic heterocycles. The molecule has 0 fully saturated rings. The highest BCUT2D eigenvalue weighted by Gasteiger charge is 2.28. The van der Waals surface area contributed by atoms with E-state index in [1.54, 1.807) is 11.8 Å². The second kappa shape index (κ2) is 9.08. The van der Waals surface area contributed by atoms with Crippen LogP contribution >= 0.6 is 11.8 Å². The van der Waals surface area contributed by atoms with E-state index in [4.69, 9.17) is 0 Å². The highest BCUT2D eigenvalue weighted by atomic mass is 32.2. The minimum absolute atomic E-state index is 0.203. The van der Waals surface area contributed by atoms with Gasteiger partial charge in [-0.25, -0.2) is 4.21 Å². The molecule has 3 aromatic carbocycles. The van der Waals surface area contributed by atoms with Crippen molar-refractivity contribution in [3.05, 3.63) is 94.5 Å². The number of hydrogen-bond acceptors (Lipinski definition) is 3. The van der Waals surface area contributed by atoms with Crippen LogP contribution in [-0.2, 0) is 10.8 Å². The number of aliphatic hydroxyl groups excluding tert-OH is 1. The fourth-order valence-corrected chi connectivity index (χ4v) is 5.72. The number of hydrogen-bond donors (Lipinski definition) is 1. The molecule has 0 radical (unpaired) electrons. The molecule has 3 rings (SSSR count). The lowest BCUT2D eigenvalue weighted by Crippen LogP contribution is -2.13. The molecule has 3 aromatic rings. The Bertz CT molecular complexity index is 960. The van der Waals surface area contributed by atoms with Crippen molar-refractivity contribution in [2.45, 2.75) is 41.9 Å². The lowest BCUT2D eigenvalue weighted by molar-refractivity contribution is 0.173. The summed E-state index contributed by atoms with van der Waals surface area (Å²) in [5.41, 5.74) is 5.16. The minimum atomic E-state index is -1.30. The maximum atomic E-state index is 13.3. The second-order valence-electron chi connectivity index (χ2n) is 7.03. The van der Waals surface area contributed by atoms with E-state index in [2.05, 4.69) is 0 Å². The van der Waals surface area contributed by atoms with E-state index in [1.165, 1.54) is 0 Å². The first-order valence-electron chi connectivity index (χ1n) is 9.28. The van der Waals surface area contributed by atoms with Gasteiger partial charge >= 0.3 is 0 Å². The van der Waals surface area contributed by atoms with Crippen LogP contribution in [0.4, 0.5) is 0 Å². The molecular weight excluding hydrogens is 384 g/mol. The van der Waals surface area contributed by atoms with E-state index in [9.17, 15) is 9.32 Å². The van der Waals surface area contributed by atoms with Gasteiger partial charge < -0.3 is 5.11 Å². The van der Waals surface area contributed by atoms with Gasteiger partial charge in [0, 0.05) is 9.79 Å². The molecule has 3 atom stereocenters. The van der Waals surface area contributed by atoms with E-state index < -0.39 is 16.9 Å². The Balaban J connectivity index is 2.05. The lowest BCUT2D eigenvalue weighted by atomic mass is 9.93. The van der Waals surface area contributed by atoms with Gasteiger partial charge in [0.15, 0.2) is 0 Å². The van der Waals surface area contributed by atoms with Gasteiger partial charge in [-0.2, -0.15) is 11.8 Å². The standard InChI is InChI=1S/C24H26O2S2/c1-16-12-14-19(15-13-16)28(26)21-11-6-5-10-20(21)24(27-4)23(25)22-17(2)8-7-9-18(22)3/h5-15,23-25H,1-4H3/t23?,24-,28-/m0/s1. The zero-order valence-electron chi connectivity index (χ0n) is 16.7. The van der Waals surface area contributed by atoms with Crippen molar-refractivity contribution in [3.8, 4) is 0 Å². The van der Waals surface area contributed by atoms with E-state index >= 15 is 0 Å². The van der Waals surface area contributed by atoms with Crippen molar-refractivity contribution >= 4 is 22.6 Å². The molecule has 0 aliphatic rings. The van der Waals surface area contributed by atoms with Crippen LogP contribution in [0.3, 0.4) is 0 Å². The van der Waals surface area contributed by atoms with Crippen LogP contribution < -0.4 is 0 Å². The van der Waals surface area contributed by atoms with Crippen LogP contribution in [0.2, 0.25) is 0 Å². The molecule has 0 aliphatic heterocycles. The first kappa shape index (κ1) is 20.8. The monoisotopic (exact) mass is 410 g/mol. The first-order chi connectivity index (χ1) is 13.4. The SMILES string of the molecule is CS[C@@H](c1ccccc1[S@@](=O)c1ccc(C)cc1)C(O)c1c(C)cccc1C.